The molecule has 0 bridgehead atoms. The Hall–Kier alpha value is -1.49. The predicted octanol–water partition coefficient (Wildman–Crippen LogP) is 2.25. The second-order valence-electron chi connectivity index (χ2n) is 6.14. The molecule has 1 aromatic heterocycles. The summed E-state index contributed by atoms with van der Waals surface area (Å²) in [7, 11) is 0. The van der Waals surface area contributed by atoms with E-state index in [1.807, 2.05) is 6.92 Å². The van der Waals surface area contributed by atoms with E-state index in [2.05, 4.69) is 15.3 Å². The number of carbonyl (C=O) groups is 1. The normalized spacial score (nSPS) is 26.6. The summed E-state index contributed by atoms with van der Waals surface area (Å²) in [5.74, 6) is 0.533. The summed E-state index contributed by atoms with van der Waals surface area (Å²) in [5.41, 5.74) is 0.615. The number of aryl methyl sites for hydroxylation is 1. The van der Waals surface area contributed by atoms with Crippen molar-refractivity contribution >= 4 is 5.91 Å². The Morgan fingerprint density at radius 3 is 2.90 bits per heavy atom. The fourth-order valence-electron chi connectivity index (χ4n) is 3.90. The van der Waals surface area contributed by atoms with Gasteiger partial charge in [-0.3, -0.25) is 4.79 Å². The van der Waals surface area contributed by atoms with Gasteiger partial charge in [0, 0.05) is 24.3 Å². The fraction of sp³-hybridized carbons (Fsp3) is 0.688. The minimum atomic E-state index is -0.0910. The SMILES string of the molecule is CCO[C@H]1C[C@@H](NC(=O)c2ccnc(C)n2)C12CCCC2. The van der Waals surface area contributed by atoms with E-state index in [4.69, 9.17) is 4.74 Å². The zero-order valence-electron chi connectivity index (χ0n) is 12.8. The van der Waals surface area contributed by atoms with Gasteiger partial charge in [-0.05, 0) is 39.2 Å². The number of carbonyl (C=O) groups excluding carboxylic acids is 1. The highest BCUT2D eigenvalue weighted by atomic mass is 16.5. The lowest BCUT2D eigenvalue weighted by atomic mass is 9.60. The van der Waals surface area contributed by atoms with E-state index < -0.39 is 0 Å². The lowest BCUT2D eigenvalue weighted by Gasteiger charge is -2.54. The van der Waals surface area contributed by atoms with Gasteiger partial charge < -0.3 is 10.1 Å². The van der Waals surface area contributed by atoms with Crippen LogP contribution in [-0.2, 0) is 4.74 Å². The summed E-state index contributed by atoms with van der Waals surface area (Å²) in [4.78, 5) is 20.6. The van der Waals surface area contributed by atoms with Crippen molar-refractivity contribution in [3.8, 4) is 0 Å². The van der Waals surface area contributed by atoms with Gasteiger partial charge in [-0.25, -0.2) is 9.97 Å². The molecule has 5 nitrogen and oxygen atoms in total. The maximum Gasteiger partial charge on any atom is 0.270 e. The van der Waals surface area contributed by atoms with E-state index in [0.29, 0.717) is 17.6 Å². The Morgan fingerprint density at radius 1 is 1.48 bits per heavy atom. The summed E-state index contributed by atoms with van der Waals surface area (Å²) in [6, 6.07) is 1.89. The number of amides is 1. The number of hydrogen-bond acceptors (Lipinski definition) is 4. The van der Waals surface area contributed by atoms with Crippen LogP contribution >= 0.6 is 0 Å². The molecule has 0 unspecified atom stereocenters. The van der Waals surface area contributed by atoms with Crippen molar-refractivity contribution in [1.82, 2.24) is 15.3 Å². The van der Waals surface area contributed by atoms with E-state index in [1.54, 1.807) is 19.2 Å². The molecule has 114 valence electrons. The zero-order chi connectivity index (χ0) is 14.9. The minimum Gasteiger partial charge on any atom is -0.378 e. The number of aromatic nitrogens is 2. The molecule has 2 aliphatic carbocycles. The van der Waals surface area contributed by atoms with Gasteiger partial charge >= 0.3 is 0 Å². The summed E-state index contributed by atoms with van der Waals surface area (Å²) >= 11 is 0. The van der Waals surface area contributed by atoms with Gasteiger partial charge in [-0.1, -0.05) is 12.8 Å². The molecule has 1 heterocycles. The van der Waals surface area contributed by atoms with Crippen molar-refractivity contribution in [3.05, 3.63) is 23.8 Å². The average molecular weight is 289 g/mol. The lowest BCUT2D eigenvalue weighted by Crippen LogP contribution is -2.63. The topological polar surface area (TPSA) is 64.1 Å². The Kier molecular flexibility index (Phi) is 3.93. The van der Waals surface area contributed by atoms with Crippen LogP contribution in [0.4, 0.5) is 0 Å². The van der Waals surface area contributed by atoms with Gasteiger partial charge in [0.15, 0.2) is 0 Å². The first kappa shape index (κ1) is 14.4. The van der Waals surface area contributed by atoms with Crippen LogP contribution in [0.2, 0.25) is 0 Å². The standard InChI is InChI=1S/C16H23N3O2/c1-3-21-14-10-13(16(14)7-4-5-8-16)19-15(20)12-6-9-17-11(2)18-12/h6,9,13-14H,3-5,7-8,10H2,1-2H3,(H,19,20)/t13-,14+/m1/s1. The summed E-state index contributed by atoms with van der Waals surface area (Å²) in [6.07, 6.45) is 7.65. The Balaban J connectivity index is 1.69. The average Bonchev–Trinajstić information content (AvgIpc) is 2.98. The third-order valence-corrected chi connectivity index (χ3v) is 5.00. The second kappa shape index (κ2) is 5.72. The first-order valence-corrected chi connectivity index (χ1v) is 7.88. The minimum absolute atomic E-state index is 0.0910. The van der Waals surface area contributed by atoms with Gasteiger partial charge in [0.05, 0.1) is 6.10 Å². The molecule has 2 fully saturated rings. The zero-order valence-corrected chi connectivity index (χ0v) is 12.8. The summed E-state index contributed by atoms with van der Waals surface area (Å²) in [6.45, 7) is 4.58. The van der Waals surface area contributed by atoms with E-state index in [1.165, 1.54) is 12.8 Å². The molecular weight excluding hydrogens is 266 g/mol. The van der Waals surface area contributed by atoms with Crippen LogP contribution in [0.1, 0.15) is 55.3 Å². The van der Waals surface area contributed by atoms with E-state index in [9.17, 15) is 4.79 Å². The van der Waals surface area contributed by atoms with E-state index in [0.717, 1.165) is 25.9 Å². The molecular formula is C16H23N3O2. The number of nitrogens with zero attached hydrogens (tertiary/aromatic N) is 2. The molecule has 1 aromatic rings. The highest BCUT2D eigenvalue weighted by Gasteiger charge is 2.57. The highest BCUT2D eigenvalue weighted by molar-refractivity contribution is 5.92. The molecule has 0 aromatic carbocycles. The maximum absolute atomic E-state index is 12.4. The predicted molar refractivity (Wildman–Crippen MR) is 79.0 cm³/mol. The lowest BCUT2D eigenvalue weighted by molar-refractivity contribution is -0.127. The van der Waals surface area contributed by atoms with Crippen molar-refractivity contribution in [2.45, 2.75) is 58.1 Å². The highest BCUT2D eigenvalue weighted by Crippen LogP contribution is 2.54. The van der Waals surface area contributed by atoms with Crippen LogP contribution < -0.4 is 5.32 Å². The van der Waals surface area contributed by atoms with Crippen LogP contribution in [0.3, 0.4) is 0 Å². The molecule has 1 spiro atoms. The first-order chi connectivity index (χ1) is 10.2. The third kappa shape index (κ3) is 2.55. The largest absolute Gasteiger partial charge is 0.378 e. The number of rotatable bonds is 4. The summed E-state index contributed by atoms with van der Waals surface area (Å²) in [5, 5.41) is 3.17. The summed E-state index contributed by atoms with van der Waals surface area (Å²) < 4.78 is 5.88. The number of nitrogens with one attached hydrogen (secondary N) is 1. The first-order valence-electron chi connectivity index (χ1n) is 7.88. The van der Waals surface area contributed by atoms with E-state index >= 15 is 0 Å². The van der Waals surface area contributed by atoms with Crippen LogP contribution in [0, 0.1) is 12.3 Å². The number of ether oxygens (including phenoxy) is 1. The molecule has 1 N–H and O–H groups in total. The van der Waals surface area contributed by atoms with Crippen LogP contribution in [0.25, 0.3) is 0 Å². The van der Waals surface area contributed by atoms with Gasteiger partial charge in [0.25, 0.3) is 5.91 Å². The van der Waals surface area contributed by atoms with Crippen molar-refractivity contribution in [1.29, 1.82) is 0 Å². The molecule has 5 heteroatoms. The van der Waals surface area contributed by atoms with Crippen molar-refractivity contribution in [2.24, 2.45) is 5.41 Å². The van der Waals surface area contributed by atoms with Gasteiger partial charge in [0.1, 0.15) is 11.5 Å². The van der Waals surface area contributed by atoms with Gasteiger partial charge in [0.2, 0.25) is 0 Å². The van der Waals surface area contributed by atoms with Crippen molar-refractivity contribution < 1.29 is 9.53 Å². The van der Waals surface area contributed by atoms with Crippen molar-refractivity contribution in [2.75, 3.05) is 6.61 Å². The third-order valence-electron chi connectivity index (χ3n) is 5.00. The van der Waals surface area contributed by atoms with E-state index in [-0.39, 0.29) is 17.4 Å². The molecule has 2 aliphatic rings. The molecule has 21 heavy (non-hydrogen) atoms. The molecule has 3 rings (SSSR count). The maximum atomic E-state index is 12.4. The molecule has 0 saturated heterocycles. The second-order valence-corrected chi connectivity index (χ2v) is 6.14. The smallest absolute Gasteiger partial charge is 0.270 e. The molecule has 0 aliphatic heterocycles. The monoisotopic (exact) mass is 289 g/mol. The van der Waals surface area contributed by atoms with Gasteiger partial charge in [-0.2, -0.15) is 0 Å². The molecule has 1 amide bonds. The van der Waals surface area contributed by atoms with Crippen LogP contribution in [0.15, 0.2) is 12.3 Å². The molecule has 2 saturated carbocycles. The van der Waals surface area contributed by atoms with Crippen LogP contribution in [-0.4, -0.2) is 34.6 Å². The van der Waals surface area contributed by atoms with Gasteiger partial charge in [-0.15, -0.1) is 0 Å². The quantitative estimate of drug-likeness (QED) is 0.923. The molecule has 2 atom stereocenters. The van der Waals surface area contributed by atoms with Crippen molar-refractivity contribution in [3.63, 3.8) is 0 Å². The fourth-order valence-corrected chi connectivity index (χ4v) is 3.90. The Bertz CT molecular complexity index is 526. The number of hydrogen-bond donors (Lipinski definition) is 1. The van der Waals surface area contributed by atoms with Crippen LogP contribution in [0.5, 0.6) is 0 Å². The molecule has 0 radical (unpaired) electrons. The Morgan fingerprint density at radius 2 is 2.24 bits per heavy atom. The Labute approximate surface area is 125 Å².